The summed E-state index contributed by atoms with van der Waals surface area (Å²) in [6.45, 7) is 0. The molecule has 1 aliphatic rings. The van der Waals surface area contributed by atoms with Gasteiger partial charge in [-0.3, -0.25) is 0 Å². The van der Waals surface area contributed by atoms with Crippen molar-refractivity contribution in [2.75, 3.05) is 20.0 Å². The second-order valence-corrected chi connectivity index (χ2v) is 10.2. The van der Waals surface area contributed by atoms with E-state index in [4.69, 9.17) is 14.2 Å². The molecule has 1 aliphatic carbocycles. The topological polar surface area (TPSA) is 78.9 Å². The molecule has 33 heavy (non-hydrogen) atoms. The Kier molecular flexibility index (Phi) is 8.95. The minimum Gasteiger partial charge on any atom is -0.497 e. The molecule has 0 radical (unpaired) electrons. The number of rotatable bonds is 10. The van der Waals surface area contributed by atoms with E-state index in [1.807, 2.05) is 24.3 Å². The summed E-state index contributed by atoms with van der Waals surface area (Å²) in [4.78, 5) is 12.7. The highest BCUT2D eigenvalue weighted by molar-refractivity contribution is 7.91. The molecule has 0 spiro atoms. The number of esters is 1. The van der Waals surface area contributed by atoms with Crippen molar-refractivity contribution in [3.8, 4) is 11.5 Å². The van der Waals surface area contributed by atoms with E-state index in [1.165, 1.54) is 26.7 Å². The summed E-state index contributed by atoms with van der Waals surface area (Å²) in [5.41, 5.74) is 0.523. The molecule has 0 aliphatic heterocycles. The molecule has 1 unspecified atom stereocenters. The third-order valence-electron chi connectivity index (χ3n) is 6.00. The van der Waals surface area contributed by atoms with Gasteiger partial charge in [0.05, 0.1) is 25.5 Å². The fourth-order valence-corrected chi connectivity index (χ4v) is 5.49. The predicted molar refractivity (Wildman–Crippen MR) is 128 cm³/mol. The van der Waals surface area contributed by atoms with Crippen molar-refractivity contribution >= 4 is 15.8 Å². The molecule has 0 N–H and O–H groups in total. The number of sulfone groups is 1. The lowest BCUT2D eigenvalue weighted by atomic mass is 9.84. The van der Waals surface area contributed by atoms with Gasteiger partial charge in [-0.1, -0.05) is 49.6 Å². The maximum atomic E-state index is 12.9. The van der Waals surface area contributed by atoms with E-state index in [1.54, 1.807) is 30.3 Å². The average Bonchev–Trinajstić information content (AvgIpc) is 2.86. The number of hydrogen-bond donors (Lipinski definition) is 0. The highest BCUT2D eigenvalue weighted by Crippen LogP contribution is 2.31. The summed E-state index contributed by atoms with van der Waals surface area (Å²) in [6, 6.07) is 13.7. The van der Waals surface area contributed by atoms with Gasteiger partial charge in [0.25, 0.3) is 0 Å². The van der Waals surface area contributed by atoms with Crippen molar-refractivity contribution in [3.05, 3.63) is 66.2 Å². The molecule has 2 aromatic carbocycles. The van der Waals surface area contributed by atoms with Gasteiger partial charge < -0.3 is 14.2 Å². The monoisotopic (exact) mass is 472 g/mol. The Hall–Kier alpha value is -2.80. The van der Waals surface area contributed by atoms with Crippen LogP contribution >= 0.6 is 0 Å². The van der Waals surface area contributed by atoms with Gasteiger partial charge in [-0.05, 0) is 43.0 Å². The van der Waals surface area contributed by atoms with E-state index in [-0.39, 0.29) is 34.4 Å². The highest BCUT2D eigenvalue weighted by Gasteiger charge is 2.27. The van der Waals surface area contributed by atoms with E-state index >= 15 is 0 Å². The number of carbonyl (C=O) groups excluding carboxylic acids is 1. The first-order valence-corrected chi connectivity index (χ1v) is 13.0. The lowest BCUT2D eigenvalue weighted by molar-refractivity contribution is 0.00877. The van der Waals surface area contributed by atoms with Gasteiger partial charge in [0.2, 0.25) is 0 Å². The Morgan fingerprint density at radius 1 is 1.00 bits per heavy atom. The molecular weight excluding hydrogens is 440 g/mol. The minimum absolute atomic E-state index is 0.0911. The number of methoxy groups -OCH3 is 2. The van der Waals surface area contributed by atoms with Crippen molar-refractivity contribution in [1.29, 1.82) is 0 Å². The van der Waals surface area contributed by atoms with Gasteiger partial charge in [0.15, 0.2) is 9.84 Å². The predicted octanol–water partition coefficient (Wildman–Crippen LogP) is 5.23. The van der Waals surface area contributed by atoms with Crippen LogP contribution in [0.1, 0.15) is 48.9 Å². The molecule has 2 aromatic rings. The molecule has 0 saturated heterocycles. The standard InChI is InChI=1S/C26H32O6S/c1-30-22-16-17-24(31-2)25(19-22)33(28,29)18-10-9-15-23(20-11-5-3-6-12-20)32-26(27)21-13-7-4-8-14-21/h4,7-10,13-14,16-17,19-20,23H,3,5-6,11-12,15,18H2,1-2H3/b10-9+. The van der Waals surface area contributed by atoms with Gasteiger partial charge in [-0.25, -0.2) is 13.2 Å². The third kappa shape index (κ3) is 6.84. The second kappa shape index (κ2) is 11.9. The van der Waals surface area contributed by atoms with Crippen molar-refractivity contribution in [1.82, 2.24) is 0 Å². The zero-order chi connectivity index (χ0) is 23.7. The normalized spacial score (nSPS) is 15.8. The van der Waals surface area contributed by atoms with Crippen LogP contribution in [-0.4, -0.2) is 40.5 Å². The Balaban J connectivity index is 1.69. The maximum absolute atomic E-state index is 12.9. The van der Waals surface area contributed by atoms with Crippen molar-refractivity contribution in [3.63, 3.8) is 0 Å². The molecule has 0 bridgehead atoms. The Morgan fingerprint density at radius 2 is 1.73 bits per heavy atom. The zero-order valence-electron chi connectivity index (χ0n) is 19.2. The van der Waals surface area contributed by atoms with Crippen LogP contribution in [0, 0.1) is 5.92 Å². The number of ether oxygens (including phenoxy) is 3. The first-order chi connectivity index (χ1) is 15.9. The number of benzene rings is 2. The van der Waals surface area contributed by atoms with Crippen molar-refractivity contribution in [2.24, 2.45) is 5.92 Å². The van der Waals surface area contributed by atoms with E-state index in [0.29, 0.717) is 17.7 Å². The Morgan fingerprint density at radius 3 is 2.39 bits per heavy atom. The minimum atomic E-state index is -3.62. The zero-order valence-corrected chi connectivity index (χ0v) is 20.1. The summed E-state index contributed by atoms with van der Waals surface area (Å²) in [5, 5.41) is 0. The van der Waals surface area contributed by atoms with Crippen LogP contribution in [0.25, 0.3) is 0 Å². The van der Waals surface area contributed by atoms with Crippen LogP contribution in [0.15, 0.2) is 65.6 Å². The van der Waals surface area contributed by atoms with Crippen LogP contribution in [0.5, 0.6) is 11.5 Å². The van der Waals surface area contributed by atoms with Crippen LogP contribution in [0.3, 0.4) is 0 Å². The molecule has 7 heteroatoms. The molecule has 1 fully saturated rings. The van der Waals surface area contributed by atoms with Crippen molar-refractivity contribution < 1.29 is 27.4 Å². The van der Waals surface area contributed by atoms with E-state index in [2.05, 4.69) is 0 Å². The fourth-order valence-electron chi connectivity index (χ4n) is 4.16. The van der Waals surface area contributed by atoms with Gasteiger partial charge >= 0.3 is 5.97 Å². The van der Waals surface area contributed by atoms with Crippen LogP contribution in [-0.2, 0) is 14.6 Å². The molecule has 1 atom stereocenters. The first kappa shape index (κ1) is 24.8. The van der Waals surface area contributed by atoms with Gasteiger partial charge in [0, 0.05) is 12.5 Å². The fraction of sp³-hybridized carbons (Fsp3) is 0.423. The largest absolute Gasteiger partial charge is 0.497 e. The second-order valence-electron chi connectivity index (χ2n) is 8.21. The SMILES string of the molecule is COc1ccc(OC)c(S(=O)(=O)C/C=C/CC(OC(=O)c2ccccc2)C2CCCCC2)c1. The van der Waals surface area contributed by atoms with Crippen LogP contribution in [0.4, 0.5) is 0 Å². The van der Waals surface area contributed by atoms with Crippen LogP contribution in [0.2, 0.25) is 0 Å². The molecule has 3 rings (SSSR count). The molecule has 0 amide bonds. The Labute approximate surface area is 196 Å². The lowest BCUT2D eigenvalue weighted by Gasteiger charge is -2.29. The summed E-state index contributed by atoms with van der Waals surface area (Å²) < 4.78 is 42.1. The van der Waals surface area contributed by atoms with E-state index < -0.39 is 9.84 Å². The lowest BCUT2D eigenvalue weighted by Crippen LogP contribution is -2.28. The van der Waals surface area contributed by atoms with Gasteiger partial charge in [0.1, 0.15) is 22.5 Å². The smallest absolute Gasteiger partial charge is 0.338 e. The van der Waals surface area contributed by atoms with E-state index in [9.17, 15) is 13.2 Å². The third-order valence-corrected chi connectivity index (χ3v) is 7.62. The highest BCUT2D eigenvalue weighted by atomic mass is 32.2. The Bertz CT molecular complexity index is 1040. The molecule has 0 aromatic heterocycles. The van der Waals surface area contributed by atoms with Crippen molar-refractivity contribution in [2.45, 2.75) is 49.5 Å². The van der Waals surface area contributed by atoms with Crippen LogP contribution < -0.4 is 9.47 Å². The van der Waals surface area contributed by atoms with E-state index in [0.717, 1.165) is 25.7 Å². The van der Waals surface area contributed by atoms with Gasteiger partial charge in [-0.2, -0.15) is 0 Å². The molecule has 178 valence electrons. The molecular formula is C26H32O6S. The first-order valence-electron chi connectivity index (χ1n) is 11.3. The number of hydrogen-bond acceptors (Lipinski definition) is 6. The molecule has 6 nitrogen and oxygen atoms in total. The molecule has 1 saturated carbocycles. The number of carbonyl (C=O) groups is 1. The summed E-state index contributed by atoms with van der Waals surface area (Å²) >= 11 is 0. The maximum Gasteiger partial charge on any atom is 0.338 e. The summed E-state index contributed by atoms with van der Waals surface area (Å²) in [7, 11) is -0.701. The summed E-state index contributed by atoms with van der Waals surface area (Å²) in [5.74, 6) is 0.490. The quantitative estimate of drug-likeness (QED) is 0.348. The molecule has 0 heterocycles. The van der Waals surface area contributed by atoms with Gasteiger partial charge in [-0.15, -0.1) is 0 Å². The average molecular weight is 473 g/mol. The summed E-state index contributed by atoms with van der Waals surface area (Å²) in [6.07, 6.45) is 9.11.